The molecular weight excluding hydrogens is 558 g/mol. The van der Waals surface area contributed by atoms with Gasteiger partial charge < -0.3 is 24.4 Å². The maximum atomic E-state index is 14.0. The molecule has 0 aliphatic rings. The van der Waals surface area contributed by atoms with Gasteiger partial charge in [0.05, 0.1) is 24.8 Å². The van der Waals surface area contributed by atoms with Crippen molar-refractivity contribution in [1.29, 1.82) is 0 Å². The van der Waals surface area contributed by atoms with Gasteiger partial charge in [0.1, 0.15) is 23.7 Å². The third-order valence-corrected chi connectivity index (χ3v) is 7.29. The van der Waals surface area contributed by atoms with Crippen LogP contribution in [-0.4, -0.2) is 28.3 Å². The highest BCUT2D eigenvalue weighted by Crippen LogP contribution is 2.38. The number of furan rings is 1. The SMILES string of the molecule is CCOC(=O)Cc1ccccc1OCc1c(C(=O)Oc2cccc(CN)c2C(C)(C)C)oc2c(-c3cnn(C)c3)cccc12. The Labute approximate surface area is 256 Å². The number of carbonyl (C=O) groups is 2. The molecule has 0 atom stereocenters. The zero-order valence-corrected chi connectivity index (χ0v) is 25.7. The van der Waals surface area contributed by atoms with E-state index in [1.54, 1.807) is 29.9 Å². The Balaban J connectivity index is 1.58. The van der Waals surface area contributed by atoms with Crippen LogP contribution in [-0.2, 0) is 41.6 Å². The number of hydrogen-bond donors (Lipinski definition) is 1. The lowest BCUT2D eigenvalue weighted by Gasteiger charge is -2.25. The molecule has 0 aliphatic carbocycles. The lowest BCUT2D eigenvalue weighted by atomic mass is 9.83. The van der Waals surface area contributed by atoms with Crippen LogP contribution in [0.3, 0.4) is 0 Å². The van der Waals surface area contributed by atoms with Gasteiger partial charge in [0.25, 0.3) is 0 Å². The van der Waals surface area contributed by atoms with Gasteiger partial charge in [-0.3, -0.25) is 9.48 Å². The summed E-state index contributed by atoms with van der Waals surface area (Å²) < 4.78 is 25.5. The summed E-state index contributed by atoms with van der Waals surface area (Å²) in [5, 5.41) is 5.00. The molecule has 0 saturated heterocycles. The van der Waals surface area contributed by atoms with Crippen molar-refractivity contribution in [3.8, 4) is 22.6 Å². The minimum atomic E-state index is -0.656. The molecule has 44 heavy (non-hydrogen) atoms. The number of benzene rings is 3. The first-order valence-electron chi connectivity index (χ1n) is 14.5. The molecule has 9 nitrogen and oxygen atoms in total. The Hall–Kier alpha value is -4.89. The molecular formula is C35H37N3O6. The number of aryl methyl sites for hydroxylation is 1. The number of esters is 2. The number of para-hydroxylation sites is 2. The van der Waals surface area contributed by atoms with Gasteiger partial charge in [-0.05, 0) is 30.0 Å². The van der Waals surface area contributed by atoms with Gasteiger partial charge in [0.15, 0.2) is 0 Å². The number of nitrogens with two attached hydrogens (primary N) is 1. The lowest BCUT2D eigenvalue weighted by molar-refractivity contribution is -0.142. The van der Waals surface area contributed by atoms with E-state index in [-0.39, 0.29) is 30.2 Å². The van der Waals surface area contributed by atoms with E-state index in [1.807, 2.05) is 82.5 Å². The van der Waals surface area contributed by atoms with Crippen LogP contribution in [0.5, 0.6) is 11.5 Å². The van der Waals surface area contributed by atoms with Crippen molar-refractivity contribution in [3.63, 3.8) is 0 Å². The van der Waals surface area contributed by atoms with Crippen LogP contribution in [0.4, 0.5) is 0 Å². The van der Waals surface area contributed by atoms with Crippen LogP contribution in [0.2, 0.25) is 0 Å². The molecule has 0 spiro atoms. The Morgan fingerprint density at radius 1 is 0.977 bits per heavy atom. The highest BCUT2D eigenvalue weighted by Gasteiger charge is 2.29. The Morgan fingerprint density at radius 3 is 2.41 bits per heavy atom. The fourth-order valence-electron chi connectivity index (χ4n) is 5.40. The van der Waals surface area contributed by atoms with Crippen LogP contribution in [0.15, 0.2) is 77.5 Å². The molecule has 5 aromatic rings. The Bertz CT molecular complexity index is 1810. The third-order valence-electron chi connectivity index (χ3n) is 7.29. The molecule has 0 radical (unpaired) electrons. The zero-order valence-electron chi connectivity index (χ0n) is 25.7. The average molecular weight is 596 g/mol. The van der Waals surface area contributed by atoms with Crippen LogP contribution in [0, 0.1) is 0 Å². The lowest BCUT2D eigenvalue weighted by Crippen LogP contribution is -2.20. The molecule has 0 fully saturated rings. The normalized spacial score (nSPS) is 11.5. The predicted molar refractivity (Wildman–Crippen MR) is 168 cm³/mol. The van der Waals surface area contributed by atoms with Crippen molar-refractivity contribution in [1.82, 2.24) is 9.78 Å². The Kier molecular flexibility index (Phi) is 8.87. The number of fused-ring (bicyclic) bond motifs is 1. The summed E-state index contributed by atoms with van der Waals surface area (Å²) in [6.45, 7) is 8.50. The van der Waals surface area contributed by atoms with Crippen LogP contribution >= 0.6 is 0 Å². The van der Waals surface area contributed by atoms with Crippen molar-refractivity contribution in [2.24, 2.45) is 12.8 Å². The number of ether oxygens (including phenoxy) is 3. The van der Waals surface area contributed by atoms with E-state index in [2.05, 4.69) is 5.10 Å². The van der Waals surface area contributed by atoms with Crippen LogP contribution in [0.1, 0.15) is 60.5 Å². The van der Waals surface area contributed by atoms with E-state index in [4.69, 9.17) is 24.4 Å². The molecule has 5 rings (SSSR count). The molecule has 228 valence electrons. The van der Waals surface area contributed by atoms with Crippen molar-refractivity contribution in [2.45, 2.75) is 52.7 Å². The molecule has 9 heteroatoms. The summed E-state index contributed by atoms with van der Waals surface area (Å²) in [5.74, 6) is -0.0565. The predicted octanol–water partition coefficient (Wildman–Crippen LogP) is 6.49. The summed E-state index contributed by atoms with van der Waals surface area (Å²) in [5.41, 5.74) is 10.8. The van der Waals surface area contributed by atoms with Gasteiger partial charge in [-0.25, -0.2) is 4.79 Å². The molecule has 2 heterocycles. The number of hydrogen-bond acceptors (Lipinski definition) is 8. The molecule has 2 N–H and O–H groups in total. The maximum Gasteiger partial charge on any atom is 0.380 e. The minimum absolute atomic E-state index is 0.0112. The fourth-order valence-corrected chi connectivity index (χ4v) is 5.40. The number of aromatic nitrogens is 2. The topological polar surface area (TPSA) is 119 Å². The monoisotopic (exact) mass is 595 g/mol. The van der Waals surface area contributed by atoms with E-state index < -0.39 is 5.97 Å². The first-order valence-corrected chi connectivity index (χ1v) is 14.5. The van der Waals surface area contributed by atoms with Crippen LogP contribution < -0.4 is 15.2 Å². The summed E-state index contributed by atoms with van der Waals surface area (Å²) in [6, 6.07) is 18.5. The first kappa shape index (κ1) is 30.6. The Morgan fingerprint density at radius 2 is 1.70 bits per heavy atom. The molecule has 0 unspecified atom stereocenters. The first-order chi connectivity index (χ1) is 21.1. The summed E-state index contributed by atoms with van der Waals surface area (Å²) >= 11 is 0. The molecule has 0 bridgehead atoms. The average Bonchev–Trinajstić information content (AvgIpc) is 3.59. The van der Waals surface area contributed by atoms with Crippen molar-refractivity contribution in [3.05, 3.63) is 101 Å². The third kappa shape index (κ3) is 6.38. The van der Waals surface area contributed by atoms with Crippen molar-refractivity contribution in [2.75, 3.05) is 6.61 Å². The summed E-state index contributed by atoms with van der Waals surface area (Å²) in [4.78, 5) is 26.2. The molecule has 2 aromatic heterocycles. The second kappa shape index (κ2) is 12.8. The van der Waals surface area contributed by atoms with Crippen molar-refractivity contribution >= 4 is 22.9 Å². The van der Waals surface area contributed by atoms with E-state index in [0.717, 1.165) is 22.3 Å². The molecule has 0 aliphatic heterocycles. The van der Waals surface area contributed by atoms with Crippen LogP contribution in [0.25, 0.3) is 22.1 Å². The van der Waals surface area contributed by atoms with E-state index in [1.165, 1.54) is 0 Å². The number of rotatable bonds is 10. The smallest absolute Gasteiger partial charge is 0.380 e. The van der Waals surface area contributed by atoms with Crippen molar-refractivity contribution < 1.29 is 28.2 Å². The van der Waals surface area contributed by atoms with Gasteiger partial charge in [-0.15, -0.1) is 0 Å². The number of nitrogens with zero attached hydrogens (tertiary/aromatic N) is 2. The number of carbonyl (C=O) groups excluding carboxylic acids is 2. The maximum absolute atomic E-state index is 14.0. The van der Waals surface area contributed by atoms with Gasteiger partial charge in [0.2, 0.25) is 5.76 Å². The highest BCUT2D eigenvalue weighted by molar-refractivity contribution is 6.01. The van der Waals surface area contributed by atoms with Gasteiger partial charge >= 0.3 is 11.9 Å². The molecule has 3 aromatic carbocycles. The van der Waals surface area contributed by atoms with E-state index in [0.29, 0.717) is 46.7 Å². The second-order valence-corrected chi connectivity index (χ2v) is 11.5. The molecule has 0 saturated carbocycles. The quantitative estimate of drug-likeness (QED) is 0.144. The second-order valence-electron chi connectivity index (χ2n) is 11.5. The van der Waals surface area contributed by atoms with Gasteiger partial charge in [0, 0.05) is 47.4 Å². The summed E-state index contributed by atoms with van der Waals surface area (Å²) in [7, 11) is 1.84. The van der Waals surface area contributed by atoms with E-state index in [9.17, 15) is 9.59 Å². The minimum Gasteiger partial charge on any atom is -0.488 e. The molecule has 0 amide bonds. The largest absolute Gasteiger partial charge is 0.488 e. The standard InChI is InChI=1S/C35H37N3O6/c1-6-41-30(39)17-22-11-7-8-15-28(22)42-21-27-26-14-10-13-25(24-19-37-38(5)20-24)32(26)44-33(27)34(40)43-29-16-9-12-23(18-36)31(29)35(2,3)4/h7-16,19-20H,6,17-18,21,36H2,1-5H3. The summed E-state index contributed by atoms with van der Waals surface area (Å²) in [6.07, 6.45) is 3.68. The van der Waals surface area contributed by atoms with Gasteiger partial charge in [-0.2, -0.15) is 5.10 Å². The fraction of sp³-hybridized carbons (Fsp3) is 0.286. The highest BCUT2D eigenvalue weighted by atomic mass is 16.5. The zero-order chi connectivity index (χ0) is 31.4. The van der Waals surface area contributed by atoms with Gasteiger partial charge in [-0.1, -0.05) is 69.3 Å². The van der Waals surface area contributed by atoms with E-state index >= 15 is 0 Å².